The van der Waals surface area contributed by atoms with Crippen LogP contribution in [-0.4, -0.2) is 38.9 Å². The first-order chi connectivity index (χ1) is 8.31. The molecule has 0 bridgehead atoms. The summed E-state index contributed by atoms with van der Waals surface area (Å²) < 4.78 is 33.4. The molecular formula is C10H14BrNO5S. The van der Waals surface area contributed by atoms with Crippen molar-refractivity contribution < 1.29 is 22.1 Å². The SMILES string of the molecule is COC(=O)Cc1cc(Br)cn1CCOS(C)(=O)=O. The third kappa shape index (κ3) is 5.19. The monoisotopic (exact) mass is 339 g/mol. The molecule has 0 spiro atoms. The molecule has 0 saturated heterocycles. The van der Waals surface area contributed by atoms with E-state index < -0.39 is 10.1 Å². The number of nitrogens with zero attached hydrogens (tertiary/aromatic N) is 1. The lowest BCUT2D eigenvalue weighted by molar-refractivity contribution is -0.139. The topological polar surface area (TPSA) is 74.6 Å². The van der Waals surface area contributed by atoms with Crippen molar-refractivity contribution in [3.8, 4) is 0 Å². The molecule has 102 valence electrons. The molecule has 0 aliphatic heterocycles. The van der Waals surface area contributed by atoms with Crippen LogP contribution in [0.15, 0.2) is 16.7 Å². The minimum absolute atomic E-state index is 0.0220. The van der Waals surface area contributed by atoms with Crippen LogP contribution in [0.4, 0.5) is 0 Å². The lowest BCUT2D eigenvalue weighted by atomic mass is 10.3. The summed E-state index contributed by atoms with van der Waals surface area (Å²) in [5.74, 6) is -0.356. The number of hydrogen-bond donors (Lipinski definition) is 0. The van der Waals surface area contributed by atoms with Crippen molar-refractivity contribution in [1.82, 2.24) is 4.57 Å². The Morgan fingerprint density at radius 2 is 2.17 bits per heavy atom. The van der Waals surface area contributed by atoms with Crippen molar-refractivity contribution in [1.29, 1.82) is 0 Å². The maximum Gasteiger partial charge on any atom is 0.311 e. The van der Waals surface area contributed by atoms with Gasteiger partial charge in [0.1, 0.15) is 0 Å². The van der Waals surface area contributed by atoms with Crippen LogP contribution in [0.3, 0.4) is 0 Å². The first kappa shape index (κ1) is 15.2. The van der Waals surface area contributed by atoms with E-state index in [1.54, 1.807) is 16.8 Å². The predicted octanol–water partition coefficient (Wildman–Crippen LogP) is 0.942. The van der Waals surface area contributed by atoms with Crippen LogP contribution in [0, 0.1) is 0 Å². The van der Waals surface area contributed by atoms with Gasteiger partial charge in [0.2, 0.25) is 0 Å². The highest BCUT2D eigenvalue weighted by Crippen LogP contribution is 2.16. The Morgan fingerprint density at radius 1 is 1.50 bits per heavy atom. The van der Waals surface area contributed by atoms with Gasteiger partial charge in [0.25, 0.3) is 10.1 Å². The maximum atomic E-state index is 11.2. The number of rotatable bonds is 6. The normalized spacial score (nSPS) is 11.5. The molecule has 8 heteroatoms. The van der Waals surface area contributed by atoms with Gasteiger partial charge in [-0.05, 0) is 22.0 Å². The summed E-state index contributed by atoms with van der Waals surface area (Å²) in [5.41, 5.74) is 0.728. The largest absolute Gasteiger partial charge is 0.469 e. The average Bonchev–Trinajstić information content (AvgIpc) is 2.57. The Kier molecular flexibility index (Phi) is 5.36. The van der Waals surface area contributed by atoms with Gasteiger partial charge < -0.3 is 9.30 Å². The summed E-state index contributed by atoms with van der Waals surface area (Å²) in [7, 11) is -2.13. The van der Waals surface area contributed by atoms with Crippen molar-refractivity contribution in [2.24, 2.45) is 0 Å². The van der Waals surface area contributed by atoms with E-state index in [1.165, 1.54) is 7.11 Å². The summed E-state index contributed by atoms with van der Waals surface area (Å²) in [6.45, 7) is 0.360. The van der Waals surface area contributed by atoms with Crippen LogP contribution >= 0.6 is 15.9 Å². The van der Waals surface area contributed by atoms with E-state index in [2.05, 4.69) is 24.8 Å². The molecule has 0 atom stereocenters. The number of methoxy groups -OCH3 is 1. The first-order valence-electron chi connectivity index (χ1n) is 5.07. The van der Waals surface area contributed by atoms with Gasteiger partial charge in [-0.15, -0.1) is 0 Å². The molecule has 1 aromatic heterocycles. The van der Waals surface area contributed by atoms with E-state index in [-0.39, 0.29) is 19.0 Å². The van der Waals surface area contributed by atoms with Gasteiger partial charge in [0, 0.05) is 22.9 Å². The summed E-state index contributed by atoms with van der Waals surface area (Å²) in [5, 5.41) is 0. The van der Waals surface area contributed by atoms with E-state index in [9.17, 15) is 13.2 Å². The second-order valence-corrected chi connectivity index (χ2v) is 6.18. The van der Waals surface area contributed by atoms with Crippen molar-refractivity contribution in [2.45, 2.75) is 13.0 Å². The molecule has 0 aliphatic rings. The summed E-state index contributed by atoms with van der Waals surface area (Å²) in [6, 6.07) is 1.78. The number of halogens is 1. The van der Waals surface area contributed by atoms with Crippen molar-refractivity contribution in [3.05, 3.63) is 22.4 Å². The first-order valence-corrected chi connectivity index (χ1v) is 7.68. The van der Waals surface area contributed by atoms with Crippen LogP contribution in [0.5, 0.6) is 0 Å². The van der Waals surface area contributed by atoms with E-state index >= 15 is 0 Å². The molecule has 0 unspecified atom stereocenters. The molecule has 6 nitrogen and oxygen atoms in total. The van der Waals surface area contributed by atoms with Gasteiger partial charge in [-0.2, -0.15) is 8.42 Å². The van der Waals surface area contributed by atoms with Crippen LogP contribution in [0.2, 0.25) is 0 Å². The summed E-state index contributed by atoms with van der Waals surface area (Å²) in [6.07, 6.45) is 2.87. The van der Waals surface area contributed by atoms with Gasteiger partial charge in [-0.1, -0.05) is 0 Å². The minimum atomic E-state index is -3.44. The van der Waals surface area contributed by atoms with E-state index in [0.29, 0.717) is 6.54 Å². The minimum Gasteiger partial charge on any atom is -0.469 e. The van der Waals surface area contributed by atoms with Crippen molar-refractivity contribution >= 4 is 32.0 Å². The van der Waals surface area contributed by atoms with Gasteiger partial charge >= 0.3 is 5.97 Å². The lowest BCUT2D eigenvalue weighted by Gasteiger charge is -2.08. The molecule has 1 rings (SSSR count). The zero-order valence-corrected chi connectivity index (χ0v) is 12.5. The van der Waals surface area contributed by atoms with Gasteiger partial charge in [0.15, 0.2) is 0 Å². The third-order valence-electron chi connectivity index (χ3n) is 2.14. The molecule has 1 aromatic rings. The van der Waals surface area contributed by atoms with Gasteiger partial charge in [-0.3, -0.25) is 8.98 Å². The highest BCUT2D eigenvalue weighted by Gasteiger charge is 2.10. The fraction of sp³-hybridized carbons (Fsp3) is 0.500. The lowest BCUT2D eigenvalue weighted by Crippen LogP contribution is -2.14. The second-order valence-electron chi connectivity index (χ2n) is 3.62. The molecular weight excluding hydrogens is 326 g/mol. The van der Waals surface area contributed by atoms with Gasteiger partial charge in [0.05, 0.1) is 26.4 Å². The fourth-order valence-electron chi connectivity index (χ4n) is 1.38. The molecule has 0 saturated carbocycles. The standard InChI is InChI=1S/C10H14BrNO5S/c1-16-10(13)6-9-5-8(11)7-12(9)3-4-17-18(2,14)15/h5,7H,3-4,6H2,1-2H3. The van der Waals surface area contributed by atoms with E-state index in [4.69, 9.17) is 0 Å². The fourth-order valence-corrected chi connectivity index (χ4v) is 2.27. The zero-order valence-electron chi connectivity index (χ0n) is 10.1. The Hall–Kier alpha value is -0.860. The Labute approximate surface area is 114 Å². The zero-order chi connectivity index (χ0) is 13.8. The summed E-state index contributed by atoms with van der Waals surface area (Å²) in [4.78, 5) is 11.2. The van der Waals surface area contributed by atoms with E-state index in [1.807, 2.05) is 0 Å². The highest BCUT2D eigenvalue weighted by molar-refractivity contribution is 9.10. The number of esters is 1. The van der Waals surface area contributed by atoms with Crippen LogP contribution < -0.4 is 0 Å². The number of carbonyl (C=O) groups excluding carboxylic acids is 1. The van der Waals surface area contributed by atoms with Crippen LogP contribution in [0.25, 0.3) is 0 Å². The van der Waals surface area contributed by atoms with Crippen LogP contribution in [-0.2, 0) is 36.8 Å². The number of aromatic nitrogens is 1. The quantitative estimate of drug-likeness (QED) is 0.569. The second kappa shape index (κ2) is 6.35. The Morgan fingerprint density at radius 3 is 2.72 bits per heavy atom. The van der Waals surface area contributed by atoms with Crippen molar-refractivity contribution in [2.75, 3.05) is 20.0 Å². The van der Waals surface area contributed by atoms with Crippen LogP contribution in [0.1, 0.15) is 5.69 Å². The molecule has 0 radical (unpaired) electrons. The molecule has 0 fully saturated rings. The number of carbonyl (C=O) groups is 1. The number of hydrogen-bond acceptors (Lipinski definition) is 5. The average molecular weight is 340 g/mol. The molecule has 0 amide bonds. The summed E-state index contributed by atoms with van der Waals surface area (Å²) >= 11 is 3.29. The van der Waals surface area contributed by atoms with Crippen molar-refractivity contribution in [3.63, 3.8) is 0 Å². The van der Waals surface area contributed by atoms with E-state index in [0.717, 1.165) is 16.4 Å². The highest BCUT2D eigenvalue weighted by atomic mass is 79.9. The molecule has 0 N–H and O–H groups in total. The molecule has 0 aromatic carbocycles. The van der Waals surface area contributed by atoms with Gasteiger partial charge in [-0.25, -0.2) is 0 Å². The number of ether oxygens (including phenoxy) is 1. The Bertz CT molecular complexity index is 522. The predicted molar refractivity (Wildman–Crippen MR) is 68.6 cm³/mol. The molecule has 18 heavy (non-hydrogen) atoms. The molecule has 1 heterocycles. The smallest absolute Gasteiger partial charge is 0.311 e. The maximum absolute atomic E-state index is 11.2. The molecule has 0 aliphatic carbocycles. The third-order valence-corrected chi connectivity index (χ3v) is 3.16. The Balaban J connectivity index is 2.67.